The Bertz CT molecular complexity index is 885. The predicted octanol–water partition coefficient (Wildman–Crippen LogP) is 0.983. The fraction of sp³-hybridized carbons (Fsp3) is 0.227. The Morgan fingerprint density at radius 2 is 1.61 bits per heavy atom. The first-order chi connectivity index (χ1) is 13.2. The molecule has 0 spiro atoms. The first kappa shape index (κ1) is 20.9. The van der Waals surface area contributed by atoms with Crippen LogP contribution >= 0.6 is 0 Å². The van der Waals surface area contributed by atoms with E-state index >= 15 is 0 Å². The van der Waals surface area contributed by atoms with E-state index in [4.69, 9.17) is 4.74 Å². The second-order valence-electron chi connectivity index (χ2n) is 6.54. The zero-order valence-corrected chi connectivity index (χ0v) is 15.6. The van der Waals surface area contributed by atoms with Gasteiger partial charge in [-0.15, -0.1) is 0 Å². The van der Waals surface area contributed by atoms with Crippen molar-refractivity contribution >= 4 is 17.9 Å². The number of esters is 1. The molecule has 6 heteroatoms. The van der Waals surface area contributed by atoms with Gasteiger partial charge >= 0.3 is 5.97 Å². The van der Waals surface area contributed by atoms with Crippen LogP contribution in [0.3, 0.4) is 0 Å². The minimum absolute atomic E-state index is 0.0524. The summed E-state index contributed by atoms with van der Waals surface area (Å²) in [6.45, 7) is 6.76. The van der Waals surface area contributed by atoms with Gasteiger partial charge in [-0.3, -0.25) is 4.79 Å². The second kappa shape index (κ2) is 8.52. The molecule has 0 aliphatic rings. The molecule has 6 nitrogen and oxygen atoms in total. The van der Waals surface area contributed by atoms with Gasteiger partial charge in [0, 0.05) is 0 Å². The van der Waals surface area contributed by atoms with Gasteiger partial charge in [0.2, 0.25) is 0 Å². The van der Waals surface area contributed by atoms with Crippen molar-refractivity contribution in [1.82, 2.24) is 0 Å². The van der Waals surface area contributed by atoms with Crippen molar-refractivity contribution in [2.45, 2.75) is 31.8 Å². The molecule has 28 heavy (non-hydrogen) atoms. The standard InChI is InChI=1S/C22H22O6/c1-14-9-11-18(12-10-14)22(21(26)27,15(2)20(24)25)13-19(23)28-16(3)17-7-5-4-6-8-17/h4-12,16H,2,13H2,1,3H3,(H,24,25)(H,26,27)/p-2. The number of carbonyl (C=O) groups is 3. The van der Waals surface area contributed by atoms with Crippen LogP contribution in [0.25, 0.3) is 0 Å². The fourth-order valence-electron chi connectivity index (χ4n) is 2.96. The molecule has 0 aliphatic carbocycles. The minimum Gasteiger partial charge on any atom is -0.549 e. The Morgan fingerprint density at radius 1 is 1.04 bits per heavy atom. The molecular weight excluding hydrogens is 360 g/mol. The van der Waals surface area contributed by atoms with E-state index in [1.807, 2.05) is 0 Å². The topological polar surface area (TPSA) is 107 Å². The van der Waals surface area contributed by atoms with Gasteiger partial charge in [-0.05, 0) is 30.5 Å². The van der Waals surface area contributed by atoms with Crippen molar-refractivity contribution in [3.05, 3.63) is 83.4 Å². The lowest BCUT2D eigenvalue weighted by atomic mass is 9.72. The summed E-state index contributed by atoms with van der Waals surface area (Å²) in [5.41, 5.74) is -1.49. The van der Waals surface area contributed by atoms with Crippen LogP contribution < -0.4 is 10.2 Å². The Balaban J connectivity index is 2.40. The van der Waals surface area contributed by atoms with E-state index in [2.05, 4.69) is 6.58 Å². The number of hydrogen-bond donors (Lipinski definition) is 0. The number of carbonyl (C=O) groups excluding carboxylic acids is 3. The van der Waals surface area contributed by atoms with Crippen molar-refractivity contribution in [3.63, 3.8) is 0 Å². The number of aryl methyl sites for hydroxylation is 1. The molecular formula is C22H20O6-2. The van der Waals surface area contributed by atoms with Gasteiger partial charge < -0.3 is 24.5 Å². The molecule has 0 amide bonds. The second-order valence-corrected chi connectivity index (χ2v) is 6.54. The number of carboxylic acids is 2. The summed E-state index contributed by atoms with van der Waals surface area (Å²) in [6.07, 6.45) is -1.44. The first-order valence-electron chi connectivity index (χ1n) is 8.62. The number of ether oxygens (including phenoxy) is 1. The van der Waals surface area contributed by atoms with Gasteiger partial charge in [-0.2, -0.15) is 0 Å². The van der Waals surface area contributed by atoms with Crippen LogP contribution in [0.1, 0.15) is 36.1 Å². The number of benzene rings is 2. The summed E-state index contributed by atoms with van der Waals surface area (Å²) in [5.74, 6) is -4.45. The summed E-state index contributed by atoms with van der Waals surface area (Å²) in [6, 6.07) is 14.9. The highest BCUT2D eigenvalue weighted by Gasteiger charge is 2.41. The molecule has 2 rings (SSSR count). The number of carboxylic acid groups (broad SMARTS) is 2. The van der Waals surface area contributed by atoms with E-state index in [0.29, 0.717) is 5.56 Å². The van der Waals surface area contributed by atoms with Gasteiger partial charge in [-0.1, -0.05) is 66.7 Å². The Labute approximate surface area is 163 Å². The first-order valence-corrected chi connectivity index (χ1v) is 8.62. The van der Waals surface area contributed by atoms with Crippen LogP contribution in [0.5, 0.6) is 0 Å². The average molecular weight is 380 g/mol. The van der Waals surface area contributed by atoms with Crippen LogP contribution in [0.4, 0.5) is 0 Å². The van der Waals surface area contributed by atoms with Gasteiger partial charge in [0.1, 0.15) is 6.10 Å². The zero-order chi connectivity index (χ0) is 20.9. The maximum Gasteiger partial charge on any atom is 0.308 e. The molecule has 2 unspecified atom stereocenters. The Kier molecular flexibility index (Phi) is 6.36. The lowest BCUT2D eigenvalue weighted by Gasteiger charge is -2.37. The lowest BCUT2D eigenvalue weighted by Crippen LogP contribution is -2.52. The van der Waals surface area contributed by atoms with Crippen molar-refractivity contribution < 1.29 is 29.3 Å². The van der Waals surface area contributed by atoms with Gasteiger partial charge in [0.25, 0.3) is 0 Å². The van der Waals surface area contributed by atoms with Gasteiger partial charge in [0.05, 0.1) is 23.8 Å². The largest absolute Gasteiger partial charge is 0.549 e. The molecule has 2 aromatic carbocycles. The Hall–Kier alpha value is -3.41. The normalized spacial score (nSPS) is 13.8. The van der Waals surface area contributed by atoms with E-state index in [1.54, 1.807) is 56.3 Å². The molecule has 0 radical (unpaired) electrons. The zero-order valence-electron chi connectivity index (χ0n) is 15.6. The van der Waals surface area contributed by atoms with Gasteiger partial charge in [-0.25, -0.2) is 0 Å². The van der Waals surface area contributed by atoms with Crippen LogP contribution in [-0.2, 0) is 24.5 Å². The molecule has 2 atom stereocenters. The molecule has 0 fully saturated rings. The van der Waals surface area contributed by atoms with Crippen molar-refractivity contribution in [2.75, 3.05) is 0 Å². The van der Waals surface area contributed by atoms with Crippen LogP contribution in [-0.4, -0.2) is 17.9 Å². The molecule has 0 bridgehead atoms. The molecule has 0 saturated heterocycles. The summed E-state index contributed by atoms with van der Waals surface area (Å²) >= 11 is 0. The van der Waals surface area contributed by atoms with E-state index in [1.165, 1.54) is 12.1 Å². The highest BCUT2D eigenvalue weighted by molar-refractivity contribution is 6.01. The quantitative estimate of drug-likeness (QED) is 0.499. The van der Waals surface area contributed by atoms with Crippen molar-refractivity contribution in [2.24, 2.45) is 0 Å². The van der Waals surface area contributed by atoms with Crippen LogP contribution in [0, 0.1) is 6.92 Å². The number of aliphatic carboxylic acids is 2. The van der Waals surface area contributed by atoms with E-state index in [-0.39, 0.29) is 5.56 Å². The van der Waals surface area contributed by atoms with Crippen molar-refractivity contribution in [1.29, 1.82) is 0 Å². The molecule has 0 aliphatic heterocycles. The monoisotopic (exact) mass is 380 g/mol. The average Bonchev–Trinajstić information content (AvgIpc) is 2.66. The maximum absolute atomic E-state index is 12.5. The highest BCUT2D eigenvalue weighted by atomic mass is 16.5. The van der Waals surface area contributed by atoms with E-state index < -0.39 is 41.4 Å². The smallest absolute Gasteiger partial charge is 0.308 e. The summed E-state index contributed by atoms with van der Waals surface area (Å²) < 4.78 is 5.33. The lowest BCUT2D eigenvalue weighted by molar-refractivity contribution is -0.317. The third kappa shape index (κ3) is 4.28. The third-order valence-corrected chi connectivity index (χ3v) is 4.64. The van der Waals surface area contributed by atoms with Gasteiger partial charge in [0.15, 0.2) is 0 Å². The third-order valence-electron chi connectivity index (χ3n) is 4.64. The van der Waals surface area contributed by atoms with Crippen LogP contribution in [0.15, 0.2) is 66.7 Å². The highest BCUT2D eigenvalue weighted by Crippen LogP contribution is 2.36. The SMILES string of the molecule is C=C(C(=O)[O-])C(CC(=O)OC(C)c1ccccc1)(C(=O)[O-])c1ccc(C)cc1. The maximum atomic E-state index is 12.5. The molecule has 0 saturated carbocycles. The molecule has 0 heterocycles. The van der Waals surface area contributed by atoms with E-state index in [9.17, 15) is 24.6 Å². The number of hydrogen-bond acceptors (Lipinski definition) is 6. The summed E-state index contributed by atoms with van der Waals surface area (Å²) in [4.78, 5) is 36.1. The molecule has 2 aromatic rings. The fourth-order valence-corrected chi connectivity index (χ4v) is 2.96. The predicted molar refractivity (Wildman–Crippen MR) is 97.6 cm³/mol. The van der Waals surface area contributed by atoms with Crippen LogP contribution in [0.2, 0.25) is 0 Å². The Morgan fingerprint density at radius 3 is 2.11 bits per heavy atom. The molecule has 0 N–H and O–H groups in total. The number of rotatable bonds is 8. The molecule has 146 valence electrons. The van der Waals surface area contributed by atoms with E-state index in [0.717, 1.165) is 5.56 Å². The summed E-state index contributed by atoms with van der Waals surface area (Å²) in [7, 11) is 0. The summed E-state index contributed by atoms with van der Waals surface area (Å²) in [5, 5.41) is 23.5. The minimum atomic E-state index is -2.31. The van der Waals surface area contributed by atoms with Crippen molar-refractivity contribution in [3.8, 4) is 0 Å². The molecule has 0 aromatic heterocycles.